The van der Waals surface area contributed by atoms with Gasteiger partial charge in [0.2, 0.25) is 0 Å². The van der Waals surface area contributed by atoms with Crippen LogP contribution in [0.3, 0.4) is 0 Å². The summed E-state index contributed by atoms with van der Waals surface area (Å²) in [6.45, 7) is 0. The predicted molar refractivity (Wildman–Crippen MR) is 138 cm³/mol. The summed E-state index contributed by atoms with van der Waals surface area (Å²) < 4.78 is 0. The van der Waals surface area contributed by atoms with Crippen molar-refractivity contribution in [2.75, 3.05) is 5.32 Å². The molecule has 5 rings (SSSR count). The zero-order chi connectivity index (χ0) is 23.3. The first-order valence-corrected chi connectivity index (χ1v) is 11.5. The fourth-order valence-corrected chi connectivity index (χ4v) is 4.28. The SMILES string of the molecule is O=C(N/N=C\c1c(O)ccc2ccccc12)c1ccc(Nc2nc(-c3ccccc3)cs2)cc1. The van der Waals surface area contributed by atoms with Crippen molar-refractivity contribution in [3.8, 4) is 17.0 Å². The van der Waals surface area contributed by atoms with Gasteiger partial charge in [0.15, 0.2) is 5.13 Å². The number of carbonyl (C=O) groups is 1. The molecule has 0 saturated heterocycles. The maximum atomic E-state index is 12.5. The quantitative estimate of drug-likeness (QED) is 0.207. The molecule has 0 aliphatic carbocycles. The molecule has 0 aliphatic rings. The van der Waals surface area contributed by atoms with E-state index in [9.17, 15) is 9.90 Å². The van der Waals surface area contributed by atoms with E-state index in [1.54, 1.807) is 18.2 Å². The van der Waals surface area contributed by atoms with Gasteiger partial charge in [0.25, 0.3) is 5.91 Å². The van der Waals surface area contributed by atoms with Gasteiger partial charge in [0.1, 0.15) is 5.75 Å². The van der Waals surface area contributed by atoms with Crippen LogP contribution in [0.1, 0.15) is 15.9 Å². The fourth-order valence-electron chi connectivity index (χ4n) is 3.54. The Morgan fingerprint density at radius 2 is 1.68 bits per heavy atom. The van der Waals surface area contributed by atoms with E-state index < -0.39 is 0 Å². The van der Waals surface area contributed by atoms with Crippen LogP contribution in [0.2, 0.25) is 0 Å². The van der Waals surface area contributed by atoms with Crippen molar-refractivity contribution in [3.63, 3.8) is 0 Å². The number of thiazole rings is 1. The van der Waals surface area contributed by atoms with Gasteiger partial charge in [-0.2, -0.15) is 5.10 Å². The zero-order valence-electron chi connectivity index (χ0n) is 18.0. The molecule has 0 spiro atoms. The van der Waals surface area contributed by atoms with E-state index >= 15 is 0 Å². The van der Waals surface area contributed by atoms with Gasteiger partial charge in [-0.05, 0) is 41.1 Å². The Morgan fingerprint density at radius 3 is 2.50 bits per heavy atom. The second-order valence-electron chi connectivity index (χ2n) is 7.52. The first kappa shape index (κ1) is 21.4. The number of phenols is 1. The Hall–Kier alpha value is -4.49. The summed E-state index contributed by atoms with van der Waals surface area (Å²) in [6, 6.07) is 28.2. The van der Waals surface area contributed by atoms with E-state index in [0.29, 0.717) is 11.1 Å². The summed E-state index contributed by atoms with van der Waals surface area (Å²) in [6.07, 6.45) is 1.46. The van der Waals surface area contributed by atoms with Crippen molar-refractivity contribution in [2.24, 2.45) is 5.10 Å². The lowest BCUT2D eigenvalue weighted by Gasteiger charge is -2.06. The highest BCUT2D eigenvalue weighted by Gasteiger charge is 2.08. The number of phenolic OH excluding ortho intramolecular Hbond substituents is 1. The van der Waals surface area contributed by atoms with Crippen molar-refractivity contribution in [2.45, 2.75) is 0 Å². The molecule has 7 heteroatoms. The van der Waals surface area contributed by atoms with Gasteiger partial charge in [0.05, 0.1) is 11.9 Å². The van der Waals surface area contributed by atoms with Gasteiger partial charge < -0.3 is 10.4 Å². The summed E-state index contributed by atoms with van der Waals surface area (Å²) in [7, 11) is 0. The predicted octanol–water partition coefficient (Wildman–Crippen LogP) is 6.18. The zero-order valence-corrected chi connectivity index (χ0v) is 18.8. The average Bonchev–Trinajstić information content (AvgIpc) is 3.35. The Bertz CT molecular complexity index is 1480. The van der Waals surface area contributed by atoms with Crippen LogP contribution in [0.4, 0.5) is 10.8 Å². The minimum Gasteiger partial charge on any atom is -0.507 e. The Balaban J connectivity index is 1.23. The number of amides is 1. The third-order valence-corrected chi connectivity index (χ3v) is 6.04. The molecular formula is C27H20N4O2S. The molecule has 166 valence electrons. The molecule has 34 heavy (non-hydrogen) atoms. The summed E-state index contributed by atoms with van der Waals surface area (Å²) in [4.78, 5) is 17.1. The molecule has 1 aromatic heterocycles. The van der Waals surface area contributed by atoms with Crippen molar-refractivity contribution < 1.29 is 9.90 Å². The number of nitrogens with one attached hydrogen (secondary N) is 2. The topological polar surface area (TPSA) is 86.6 Å². The van der Waals surface area contributed by atoms with Crippen LogP contribution < -0.4 is 10.7 Å². The standard InChI is InChI=1S/C27H20N4O2S/c32-25-15-12-18-6-4-5-9-22(18)23(25)16-28-31-26(33)20-10-13-21(14-11-20)29-27-30-24(17-34-27)19-7-2-1-3-8-19/h1-17,32H,(H,29,30)(H,31,33)/b28-16-. The number of anilines is 2. The maximum absolute atomic E-state index is 12.5. The number of rotatable bonds is 6. The first-order chi connectivity index (χ1) is 16.7. The highest BCUT2D eigenvalue weighted by atomic mass is 32.1. The molecule has 0 fully saturated rings. The van der Waals surface area contributed by atoms with Crippen LogP contribution in [0, 0.1) is 0 Å². The molecule has 1 amide bonds. The van der Waals surface area contributed by atoms with Crippen molar-refractivity contribution in [1.29, 1.82) is 0 Å². The van der Waals surface area contributed by atoms with E-state index in [4.69, 9.17) is 0 Å². The number of hydrogen-bond acceptors (Lipinski definition) is 6. The van der Waals surface area contributed by atoms with E-state index in [1.807, 2.05) is 78.2 Å². The maximum Gasteiger partial charge on any atom is 0.271 e. The van der Waals surface area contributed by atoms with E-state index in [1.165, 1.54) is 17.6 Å². The molecule has 3 N–H and O–H groups in total. The van der Waals surface area contributed by atoms with Gasteiger partial charge in [-0.3, -0.25) is 4.79 Å². The molecule has 0 saturated carbocycles. The molecule has 1 heterocycles. The molecule has 0 aliphatic heterocycles. The molecule has 0 atom stereocenters. The molecule has 6 nitrogen and oxygen atoms in total. The largest absolute Gasteiger partial charge is 0.507 e. The Morgan fingerprint density at radius 1 is 0.912 bits per heavy atom. The number of aromatic nitrogens is 1. The van der Waals surface area contributed by atoms with Crippen molar-refractivity contribution in [1.82, 2.24) is 10.4 Å². The highest BCUT2D eigenvalue weighted by Crippen LogP contribution is 2.27. The molecular weight excluding hydrogens is 444 g/mol. The second kappa shape index (κ2) is 9.56. The highest BCUT2D eigenvalue weighted by molar-refractivity contribution is 7.14. The van der Waals surface area contributed by atoms with Crippen LogP contribution >= 0.6 is 11.3 Å². The molecule has 0 bridgehead atoms. The molecule has 4 aromatic carbocycles. The van der Waals surface area contributed by atoms with Gasteiger partial charge in [-0.15, -0.1) is 11.3 Å². The summed E-state index contributed by atoms with van der Waals surface area (Å²) >= 11 is 1.52. The van der Waals surface area contributed by atoms with Crippen LogP contribution in [0.25, 0.3) is 22.0 Å². The normalized spacial score (nSPS) is 11.1. The number of fused-ring (bicyclic) bond motifs is 1. The lowest BCUT2D eigenvalue weighted by molar-refractivity contribution is 0.0955. The number of aromatic hydroxyl groups is 1. The van der Waals surface area contributed by atoms with Gasteiger partial charge in [0, 0.05) is 27.8 Å². The fraction of sp³-hybridized carbons (Fsp3) is 0. The lowest BCUT2D eigenvalue weighted by atomic mass is 10.0. The number of nitrogens with zero attached hydrogens (tertiary/aromatic N) is 2. The van der Waals surface area contributed by atoms with Crippen LogP contribution in [-0.2, 0) is 0 Å². The van der Waals surface area contributed by atoms with Gasteiger partial charge in [-0.25, -0.2) is 10.4 Å². The Kier molecular flexibility index (Phi) is 6.01. The van der Waals surface area contributed by atoms with Crippen LogP contribution in [-0.4, -0.2) is 22.2 Å². The van der Waals surface area contributed by atoms with Crippen LogP contribution in [0.5, 0.6) is 5.75 Å². The van der Waals surface area contributed by atoms with E-state index in [-0.39, 0.29) is 11.7 Å². The third kappa shape index (κ3) is 4.65. The van der Waals surface area contributed by atoms with Gasteiger partial charge >= 0.3 is 0 Å². The number of hydrogen-bond donors (Lipinski definition) is 3. The van der Waals surface area contributed by atoms with Crippen molar-refractivity contribution in [3.05, 3.63) is 108 Å². The second-order valence-corrected chi connectivity index (χ2v) is 8.38. The first-order valence-electron chi connectivity index (χ1n) is 10.6. The summed E-state index contributed by atoms with van der Waals surface area (Å²) in [5, 5.41) is 22.1. The third-order valence-electron chi connectivity index (χ3n) is 5.28. The number of hydrazone groups is 1. The average molecular weight is 465 g/mol. The van der Waals surface area contributed by atoms with Gasteiger partial charge in [-0.1, -0.05) is 60.7 Å². The monoisotopic (exact) mass is 464 g/mol. The molecule has 0 radical (unpaired) electrons. The smallest absolute Gasteiger partial charge is 0.271 e. The van der Waals surface area contributed by atoms with E-state index in [2.05, 4.69) is 20.8 Å². The lowest BCUT2D eigenvalue weighted by Crippen LogP contribution is -2.17. The Labute approximate surface area is 200 Å². The van der Waals surface area contributed by atoms with Crippen molar-refractivity contribution >= 4 is 45.0 Å². The summed E-state index contributed by atoms with van der Waals surface area (Å²) in [5.41, 5.74) is 6.35. The summed E-state index contributed by atoms with van der Waals surface area (Å²) in [5.74, 6) is -0.243. The number of benzene rings is 4. The van der Waals surface area contributed by atoms with E-state index in [0.717, 1.165) is 32.8 Å². The minimum absolute atomic E-state index is 0.102. The number of carbonyl (C=O) groups excluding carboxylic acids is 1. The minimum atomic E-state index is -0.344. The molecule has 0 unspecified atom stereocenters. The molecule has 5 aromatic rings. The van der Waals surface area contributed by atoms with Crippen LogP contribution in [0.15, 0.2) is 101 Å².